The van der Waals surface area contributed by atoms with E-state index in [-0.39, 0.29) is 51.0 Å². The topological polar surface area (TPSA) is 85.2 Å². The summed E-state index contributed by atoms with van der Waals surface area (Å²) in [5, 5.41) is 8.55. The van der Waals surface area contributed by atoms with Crippen molar-refractivity contribution in [1.29, 1.82) is 0 Å². The maximum atomic E-state index is 13.2. The number of nitrogens with zero attached hydrogens (tertiary/aromatic N) is 2. The van der Waals surface area contributed by atoms with Crippen molar-refractivity contribution >= 4 is 11.4 Å². The van der Waals surface area contributed by atoms with E-state index in [1.807, 2.05) is 55.4 Å². The zero-order valence-electron chi connectivity index (χ0n) is 18.3. The summed E-state index contributed by atoms with van der Waals surface area (Å²) in [6.07, 6.45) is 0. The molecule has 29 heavy (non-hydrogen) atoms. The Bertz CT molecular complexity index is 679. The van der Waals surface area contributed by atoms with Gasteiger partial charge in [-0.1, -0.05) is 76.9 Å². The van der Waals surface area contributed by atoms with E-state index in [0.717, 1.165) is 11.1 Å². The number of hydrogen-bond acceptors (Lipinski definition) is 0. The summed E-state index contributed by atoms with van der Waals surface area (Å²) in [7, 11) is 0. The SMILES string of the molecule is Cc1ccc(F)c([N-]C(C)(C)C)c1.Cc1ccc(F)c([N-]C(C)(C)C)c1.[Cr+6].[O-2].[O-2]. The quantitative estimate of drug-likeness (QED) is 0.456. The van der Waals surface area contributed by atoms with E-state index in [9.17, 15) is 8.78 Å². The zero-order valence-corrected chi connectivity index (χ0v) is 19.6. The number of aryl methyl sites for hydroxylation is 2. The minimum absolute atomic E-state index is 0. The van der Waals surface area contributed by atoms with Gasteiger partial charge in [0.05, 0.1) is 0 Å². The molecular weight excluding hydrogens is 414 g/mol. The predicted octanol–water partition coefficient (Wildman–Crippen LogP) is 7.64. The van der Waals surface area contributed by atoms with Crippen LogP contribution >= 0.6 is 0 Å². The van der Waals surface area contributed by atoms with Gasteiger partial charge in [0.1, 0.15) is 11.6 Å². The van der Waals surface area contributed by atoms with Gasteiger partial charge in [-0.15, -0.1) is 22.5 Å². The molecule has 0 saturated heterocycles. The van der Waals surface area contributed by atoms with Crippen LogP contribution in [0.5, 0.6) is 0 Å². The minimum atomic E-state index is -0.250. The van der Waals surface area contributed by atoms with Crippen LogP contribution in [0.4, 0.5) is 20.2 Å². The zero-order chi connectivity index (χ0) is 20.1. The summed E-state index contributed by atoms with van der Waals surface area (Å²) in [6.45, 7) is 15.6. The Morgan fingerprint density at radius 3 is 1.14 bits per heavy atom. The van der Waals surface area contributed by atoms with E-state index < -0.39 is 0 Å². The Labute approximate surface area is 184 Å². The molecule has 0 atom stereocenters. The summed E-state index contributed by atoms with van der Waals surface area (Å²) in [6, 6.07) is 9.94. The Kier molecular flexibility index (Phi) is 14.2. The van der Waals surface area contributed by atoms with Gasteiger partial charge in [0, 0.05) is 0 Å². The fraction of sp³-hybridized carbons (Fsp3) is 0.455. The summed E-state index contributed by atoms with van der Waals surface area (Å²) >= 11 is 0. The summed E-state index contributed by atoms with van der Waals surface area (Å²) in [4.78, 5) is 0. The molecular formula is C22H30CrF2N2O2. The van der Waals surface area contributed by atoms with Crippen molar-refractivity contribution in [2.75, 3.05) is 0 Å². The fourth-order valence-corrected chi connectivity index (χ4v) is 2.14. The van der Waals surface area contributed by atoms with Crippen molar-refractivity contribution in [3.05, 3.63) is 69.8 Å². The molecule has 7 heteroatoms. The third kappa shape index (κ3) is 13.2. The Morgan fingerprint density at radius 1 is 0.621 bits per heavy atom. The van der Waals surface area contributed by atoms with E-state index in [0.29, 0.717) is 11.4 Å². The molecule has 160 valence electrons. The van der Waals surface area contributed by atoms with Crippen LogP contribution in [0.3, 0.4) is 0 Å². The molecule has 0 unspecified atom stereocenters. The van der Waals surface area contributed by atoms with Crippen molar-refractivity contribution in [2.45, 2.75) is 66.5 Å². The molecule has 0 amide bonds. The Morgan fingerprint density at radius 2 is 0.897 bits per heavy atom. The molecule has 0 aliphatic heterocycles. The fourth-order valence-electron chi connectivity index (χ4n) is 2.14. The minimum Gasteiger partial charge on any atom is -2.00 e. The third-order valence-electron chi connectivity index (χ3n) is 3.11. The summed E-state index contributed by atoms with van der Waals surface area (Å²) in [5.74, 6) is -0.499. The molecule has 0 N–H and O–H groups in total. The molecule has 4 nitrogen and oxygen atoms in total. The third-order valence-corrected chi connectivity index (χ3v) is 3.11. The van der Waals surface area contributed by atoms with Crippen molar-refractivity contribution in [3.63, 3.8) is 0 Å². The van der Waals surface area contributed by atoms with Gasteiger partial charge < -0.3 is 21.6 Å². The van der Waals surface area contributed by atoms with Gasteiger partial charge in [-0.25, -0.2) is 8.78 Å². The van der Waals surface area contributed by atoms with E-state index in [1.54, 1.807) is 24.3 Å². The molecule has 2 aromatic rings. The van der Waals surface area contributed by atoms with Crippen molar-refractivity contribution < 1.29 is 37.1 Å². The molecule has 0 fully saturated rings. The number of rotatable bonds is 2. The summed E-state index contributed by atoms with van der Waals surface area (Å²) < 4.78 is 26.4. The predicted molar refractivity (Wildman–Crippen MR) is 109 cm³/mol. The van der Waals surface area contributed by atoms with Crippen LogP contribution in [0.25, 0.3) is 10.6 Å². The molecule has 0 bridgehead atoms. The van der Waals surface area contributed by atoms with Gasteiger partial charge in [0.15, 0.2) is 0 Å². The number of hydrogen-bond donors (Lipinski definition) is 0. The number of halogens is 2. The first-order valence-corrected chi connectivity index (χ1v) is 8.75. The molecule has 0 spiro atoms. The second kappa shape index (κ2) is 12.8. The van der Waals surface area contributed by atoms with Gasteiger partial charge in [-0.3, -0.25) is 0 Å². The standard InChI is InChI=1S/2C11H15FN.Cr.2O/c2*1-8-5-6-9(12)10(7-8)13-11(2,3)4;;;/h2*5-7H,1-4H3;;;/q2*-1;+6;2*-2. The van der Waals surface area contributed by atoms with E-state index in [2.05, 4.69) is 10.6 Å². The first kappa shape index (κ1) is 32.0. The van der Waals surface area contributed by atoms with Crippen LogP contribution in [-0.4, -0.2) is 11.1 Å². The maximum absolute atomic E-state index is 13.2. The normalized spacial score (nSPS) is 10.3. The molecule has 0 aliphatic rings. The molecule has 0 saturated carbocycles. The van der Waals surface area contributed by atoms with Crippen LogP contribution < -0.4 is 0 Å². The average Bonchev–Trinajstić information content (AvgIpc) is 2.44. The van der Waals surface area contributed by atoms with Gasteiger partial charge in [0.25, 0.3) is 0 Å². The van der Waals surface area contributed by atoms with Crippen molar-refractivity contribution in [1.82, 2.24) is 0 Å². The second-order valence-corrected chi connectivity index (χ2v) is 8.47. The maximum Gasteiger partial charge on any atom is 6.00 e. The van der Waals surface area contributed by atoms with Crippen LogP contribution in [0, 0.1) is 25.5 Å². The first-order valence-electron chi connectivity index (χ1n) is 8.75. The second-order valence-electron chi connectivity index (χ2n) is 8.47. The van der Waals surface area contributed by atoms with Crippen LogP contribution in [-0.2, 0) is 28.3 Å². The average molecular weight is 444 g/mol. The molecule has 0 radical (unpaired) electrons. The first-order chi connectivity index (χ1) is 11.8. The van der Waals surface area contributed by atoms with Crippen molar-refractivity contribution in [3.8, 4) is 0 Å². The van der Waals surface area contributed by atoms with E-state index >= 15 is 0 Å². The van der Waals surface area contributed by atoms with E-state index in [1.165, 1.54) is 12.1 Å². The van der Waals surface area contributed by atoms with Crippen molar-refractivity contribution in [2.24, 2.45) is 0 Å². The Balaban J connectivity index is -0.000000422. The smallest absolute Gasteiger partial charge is 2.00 e. The van der Waals surface area contributed by atoms with Gasteiger partial charge in [0.2, 0.25) is 0 Å². The van der Waals surface area contributed by atoms with Gasteiger partial charge in [-0.05, 0) is 26.0 Å². The molecule has 0 aromatic heterocycles. The van der Waals surface area contributed by atoms with Gasteiger partial charge in [-0.2, -0.15) is 0 Å². The summed E-state index contributed by atoms with van der Waals surface area (Å²) in [5.41, 5.74) is 2.51. The molecule has 2 rings (SSSR count). The largest absolute Gasteiger partial charge is 6.00 e. The van der Waals surface area contributed by atoms with Gasteiger partial charge >= 0.3 is 17.4 Å². The molecule has 0 heterocycles. The molecule has 2 aromatic carbocycles. The monoisotopic (exact) mass is 444 g/mol. The molecule has 0 aliphatic carbocycles. The van der Waals surface area contributed by atoms with E-state index in [4.69, 9.17) is 0 Å². The van der Waals surface area contributed by atoms with Crippen LogP contribution in [0.15, 0.2) is 36.4 Å². The number of benzene rings is 2. The van der Waals surface area contributed by atoms with Crippen LogP contribution in [0.2, 0.25) is 0 Å². The Hall–Kier alpha value is -1.65. The van der Waals surface area contributed by atoms with Crippen LogP contribution in [0.1, 0.15) is 52.7 Å².